The molecular weight excluding hydrogens is 638 g/mol. The molecule has 1 aromatic heterocycles. The number of rotatable bonds is 8. The number of carboxylic acids is 1. The molecule has 1 saturated heterocycles. The smallest absolute Gasteiger partial charge is 0.338 e. The first kappa shape index (κ1) is 32.5. The Morgan fingerprint density at radius 3 is 2.48 bits per heavy atom. The fraction of sp³-hybridized carbons (Fsp3) is 0.517. The number of halogens is 3. The summed E-state index contributed by atoms with van der Waals surface area (Å²) < 4.78 is 62.2. The molecule has 2 fully saturated rings. The maximum atomic E-state index is 14.6. The number of aliphatic imine (C=N–C) groups is 1. The van der Waals surface area contributed by atoms with Crippen LogP contribution in [0.4, 0.5) is 8.78 Å². The number of aromatic nitrogens is 1. The molecule has 0 spiro atoms. The Balaban J connectivity index is 1.42. The number of benzene rings is 1. The third-order valence-corrected chi connectivity index (χ3v) is 12.2. The van der Waals surface area contributed by atoms with Gasteiger partial charge in [0, 0.05) is 41.8 Å². The van der Waals surface area contributed by atoms with Crippen molar-refractivity contribution in [2.24, 2.45) is 22.2 Å². The molecule has 0 radical (unpaired) electrons. The fourth-order valence-electron chi connectivity index (χ4n) is 6.31. The number of thiazole rings is 1. The zero-order chi connectivity index (χ0) is 31.8. The zero-order valence-corrected chi connectivity index (χ0v) is 26.6. The first-order valence-corrected chi connectivity index (χ1v) is 17.1. The molecule has 10 nitrogen and oxygen atoms in total. The predicted molar refractivity (Wildman–Crippen MR) is 161 cm³/mol. The summed E-state index contributed by atoms with van der Waals surface area (Å²) in [6.45, 7) is 2.29. The molecule has 0 unspecified atom stereocenters. The van der Waals surface area contributed by atoms with Gasteiger partial charge >= 0.3 is 11.9 Å². The Hall–Kier alpha value is -2.94. The van der Waals surface area contributed by atoms with Crippen molar-refractivity contribution in [2.75, 3.05) is 26.0 Å². The van der Waals surface area contributed by atoms with Crippen LogP contribution >= 0.6 is 22.9 Å². The molecule has 0 bridgehead atoms. The first-order valence-electron chi connectivity index (χ1n) is 14.2. The second kappa shape index (κ2) is 12.8. The Morgan fingerprint density at radius 1 is 1.20 bits per heavy atom. The van der Waals surface area contributed by atoms with Crippen molar-refractivity contribution in [3.8, 4) is 0 Å². The number of nitrogens with zero attached hydrogens (tertiary/aromatic N) is 3. The average Bonchev–Trinajstić information content (AvgIpc) is 3.54. The van der Waals surface area contributed by atoms with Crippen LogP contribution in [0.5, 0.6) is 0 Å². The Morgan fingerprint density at radius 2 is 1.89 bits per heavy atom. The third kappa shape index (κ3) is 6.53. The fourth-order valence-corrected chi connectivity index (χ4v) is 9.27. The van der Waals surface area contributed by atoms with E-state index in [9.17, 15) is 31.9 Å². The van der Waals surface area contributed by atoms with Crippen molar-refractivity contribution in [3.05, 3.63) is 62.2 Å². The van der Waals surface area contributed by atoms with Gasteiger partial charge in [0.1, 0.15) is 6.04 Å². The number of hydrogen-bond acceptors (Lipinski definition) is 9. The molecule has 2 N–H and O–H groups in total. The van der Waals surface area contributed by atoms with Gasteiger partial charge in [0.05, 0.1) is 29.4 Å². The van der Waals surface area contributed by atoms with Crippen LogP contribution < -0.4 is 5.32 Å². The summed E-state index contributed by atoms with van der Waals surface area (Å²) in [4.78, 5) is 33.6. The summed E-state index contributed by atoms with van der Waals surface area (Å²) in [6.07, 6.45) is 4.25. The largest absolute Gasteiger partial charge is 0.481 e. The number of esters is 1. The van der Waals surface area contributed by atoms with Gasteiger partial charge in [-0.15, -0.1) is 11.3 Å². The number of carbonyl (C=O) groups excluding carboxylic acids is 1. The number of aliphatic carboxylic acids is 1. The van der Waals surface area contributed by atoms with Gasteiger partial charge in [0.2, 0.25) is 10.0 Å². The van der Waals surface area contributed by atoms with Gasteiger partial charge in [-0.1, -0.05) is 24.6 Å². The summed E-state index contributed by atoms with van der Waals surface area (Å²) in [7, 11) is -2.45. The molecule has 238 valence electrons. The molecule has 0 amide bonds. The van der Waals surface area contributed by atoms with E-state index in [0.29, 0.717) is 55.1 Å². The number of amidine groups is 1. The van der Waals surface area contributed by atoms with Crippen LogP contribution in [0, 0.1) is 28.9 Å². The van der Waals surface area contributed by atoms with Crippen LogP contribution in [0.25, 0.3) is 0 Å². The number of carboxylic acid groups (broad SMARTS) is 1. The maximum absolute atomic E-state index is 14.6. The quantitative estimate of drug-likeness (QED) is 0.298. The maximum Gasteiger partial charge on any atom is 0.338 e. The molecule has 1 atom stereocenters. The van der Waals surface area contributed by atoms with E-state index in [0.717, 1.165) is 6.07 Å². The van der Waals surface area contributed by atoms with Gasteiger partial charge in [-0.3, -0.25) is 9.79 Å². The SMILES string of the molecule is COC(=O)C1=C(C2CCN(S(=O)(=O)C[C@]3(C)CC[C@H](C(=O)O)CC3)CC2)NC(c2nccs2)=N[C@@H]1c1ccc(F)c(F)c1Cl. The molecule has 3 aliphatic rings. The number of piperidine rings is 1. The molecule has 44 heavy (non-hydrogen) atoms. The lowest BCUT2D eigenvalue weighted by atomic mass is 9.73. The minimum absolute atomic E-state index is 0.0665. The zero-order valence-electron chi connectivity index (χ0n) is 24.2. The van der Waals surface area contributed by atoms with E-state index >= 15 is 0 Å². The molecule has 2 aromatic rings. The summed E-state index contributed by atoms with van der Waals surface area (Å²) >= 11 is 7.53. The van der Waals surface area contributed by atoms with Crippen LogP contribution in [-0.2, 0) is 24.3 Å². The molecule has 15 heteroatoms. The van der Waals surface area contributed by atoms with E-state index < -0.39 is 56.0 Å². The second-order valence-corrected chi connectivity index (χ2v) is 15.0. The number of hydrogen-bond donors (Lipinski definition) is 2. The van der Waals surface area contributed by atoms with Gasteiger partial charge in [0.15, 0.2) is 22.5 Å². The molecule has 1 saturated carbocycles. The number of allylic oxidation sites excluding steroid dienone is 1. The van der Waals surface area contributed by atoms with Crippen molar-refractivity contribution < 1.29 is 36.6 Å². The number of carbonyl (C=O) groups is 2. The van der Waals surface area contributed by atoms with Gasteiger partial charge in [0.25, 0.3) is 0 Å². The monoisotopic (exact) mass is 670 g/mol. The lowest BCUT2D eigenvalue weighted by Gasteiger charge is -2.39. The molecule has 2 aliphatic heterocycles. The lowest BCUT2D eigenvalue weighted by Crippen LogP contribution is -2.46. The molecular formula is C29H33ClF2N4O6S2. The minimum atomic E-state index is -3.65. The summed E-state index contributed by atoms with van der Waals surface area (Å²) in [6, 6.07) is 1.06. The van der Waals surface area contributed by atoms with E-state index in [2.05, 4.69) is 15.3 Å². The van der Waals surface area contributed by atoms with Crippen LogP contribution in [0.1, 0.15) is 62.1 Å². The van der Waals surface area contributed by atoms with E-state index in [1.807, 2.05) is 6.92 Å². The number of sulfonamides is 1. The highest BCUT2D eigenvalue weighted by Crippen LogP contribution is 2.43. The lowest BCUT2D eigenvalue weighted by molar-refractivity contribution is -0.143. The third-order valence-electron chi connectivity index (χ3n) is 8.80. The van der Waals surface area contributed by atoms with Crippen LogP contribution in [0.3, 0.4) is 0 Å². The number of methoxy groups -OCH3 is 1. The second-order valence-electron chi connectivity index (χ2n) is 11.8. The Kier molecular flexibility index (Phi) is 9.45. The van der Waals surface area contributed by atoms with Crippen molar-refractivity contribution >= 4 is 50.7 Å². The summed E-state index contributed by atoms with van der Waals surface area (Å²) in [5, 5.41) is 14.3. The minimum Gasteiger partial charge on any atom is -0.481 e. The normalized spacial score (nSPS) is 25.3. The van der Waals surface area contributed by atoms with Gasteiger partial charge < -0.3 is 15.2 Å². The van der Waals surface area contributed by atoms with Crippen molar-refractivity contribution in [1.29, 1.82) is 0 Å². The van der Waals surface area contributed by atoms with Gasteiger partial charge in [-0.2, -0.15) is 0 Å². The van der Waals surface area contributed by atoms with Crippen molar-refractivity contribution in [2.45, 2.75) is 51.5 Å². The standard InChI is InChI=1S/C29H33ClF2N4O6S2/c1-29(9-5-17(6-10-29)27(37)38)15-44(40,41)36-12-7-16(8-13-36)23-20(28(39)42-2)24(18-3-4-19(31)22(32)21(18)30)35-25(34-23)26-33-11-14-43-26/h3-4,11,14,16-17,24H,5-10,12-13,15H2,1-2H3,(H,34,35)(H,37,38)/t17-,24-,29+/m1/s1. The Bertz CT molecular complexity index is 1600. The molecule has 1 aromatic carbocycles. The van der Waals surface area contributed by atoms with Crippen LogP contribution in [-0.4, -0.2) is 66.5 Å². The van der Waals surface area contributed by atoms with Crippen LogP contribution in [0.15, 0.2) is 40.0 Å². The molecule has 3 heterocycles. The Labute approximate surface area is 263 Å². The van der Waals surface area contributed by atoms with Gasteiger partial charge in [-0.05, 0) is 50.0 Å². The van der Waals surface area contributed by atoms with Crippen molar-refractivity contribution in [3.63, 3.8) is 0 Å². The van der Waals surface area contributed by atoms with E-state index in [1.165, 1.54) is 28.8 Å². The highest BCUT2D eigenvalue weighted by atomic mass is 35.5. The number of ether oxygens (including phenoxy) is 1. The van der Waals surface area contributed by atoms with E-state index in [1.54, 1.807) is 11.6 Å². The summed E-state index contributed by atoms with van der Waals surface area (Å²) in [5.41, 5.74) is 0.0804. The summed E-state index contributed by atoms with van der Waals surface area (Å²) in [5.74, 6) is -4.50. The molecule has 5 rings (SSSR count). The highest BCUT2D eigenvalue weighted by molar-refractivity contribution is 7.89. The number of nitrogens with one attached hydrogen (secondary N) is 1. The van der Waals surface area contributed by atoms with Crippen molar-refractivity contribution in [1.82, 2.24) is 14.6 Å². The van der Waals surface area contributed by atoms with Crippen LogP contribution in [0.2, 0.25) is 5.02 Å². The average molecular weight is 671 g/mol. The van der Waals surface area contributed by atoms with E-state index in [-0.39, 0.29) is 35.9 Å². The van der Waals surface area contributed by atoms with Gasteiger partial charge in [-0.25, -0.2) is 31.3 Å². The molecule has 1 aliphatic carbocycles. The highest BCUT2D eigenvalue weighted by Gasteiger charge is 2.42. The van der Waals surface area contributed by atoms with E-state index in [4.69, 9.17) is 16.3 Å². The topological polar surface area (TPSA) is 138 Å². The predicted octanol–water partition coefficient (Wildman–Crippen LogP) is 4.92. The first-order chi connectivity index (χ1) is 20.8.